The van der Waals surface area contributed by atoms with Gasteiger partial charge in [-0.3, -0.25) is 4.98 Å². The molecule has 162 valence electrons. The van der Waals surface area contributed by atoms with E-state index in [0.29, 0.717) is 22.6 Å². The first kappa shape index (κ1) is 20.7. The van der Waals surface area contributed by atoms with E-state index in [1.165, 1.54) is 32.1 Å². The molecule has 1 aliphatic carbocycles. The number of pyridine rings is 1. The third-order valence-corrected chi connectivity index (χ3v) is 6.47. The summed E-state index contributed by atoms with van der Waals surface area (Å²) in [7, 11) is 0. The minimum absolute atomic E-state index is 0.414. The largest absolute Gasteiger partial charge is 0.381 e. The van der Waals surface area contributed by atoms with Crippen molar-refractivity contribution in [3.05, 3.63) is 65.8 Å². The van der Waals surface area contributed by atoms with Gasteiger partial charge in [-0.15, -0.1) is 0 Å². The Kier molecular flexibility index (Phi) is 5.91. The maximum atomic E-state index is 6.59. The van der Waals surface area contributed by atoms with Gasteiger partial charge in [0.2, 0.25) is 0 Å². The van der Waals surface area contributed by atoms with Gasteiger partial charge in [-0.2, -0.15) is 0 Å². The molecular formula is C26H26ClN5. The zero-order valence-corrected chi connectivity index (χ0v) is 18.6. The van der Waals surface area contributed by atoms with E-state index in [0.717, 1.165) is 40.0 Å². The van der Waals surface area contributed by atoms with Crippen LogP contribution in [0.4, 0.5) is 11.6 Å². The Morgan fingerprint density at radius 1 is 0.906 bits per heavy atom. The average molecular weight is 444 g/mol. The summed E-state index contributed by atoms with van der Waals surface area (Å²) in [4.78, 5) is 14.2. The number of rotatable bonds is 5. The number of nitrogens with two attached hydrogens (primary N) is 1. The van der Waals surface area contributed by atoms with E-state index in [9.17, 15) is 0 Å². The second-order valence-electron chi connectivity index (χ2n) is 8.44. The SMILES string of the molecule is Nc1nc(-c2ccccc2)c(-c2cc(Cl)c3ncccc3c2)nc1NCC1CCCCC1. The molecule has 2 aromatic carbocycles. The van der Waals surface area contributed by atoms with Crippen molar-refractivity contribution in [1.29, 1.82) is 0 Å². The zero-order valence-electron chi connectivity index (χ0n) is 17.9. The number of nitrogens with one attached hydrogen (secondary N) is 1. The van der Waals surface area contributed by atoms with Crippen LogP contribution in [0.25, 0.3) is 33.4 Å². The number of hydrogen-bond donors (Lipinski definition) is 2. The van der Waals surface area contributed by atoms with Gasteiger partial charge < -0.3 is 11.1 Å². The second kappa shape index (κ2) is 9.13. The molecule has 5 rings (SSSR count). The minimum atomic E-state index is 0.414. The number of hydrogen-bond acceptors (Lipinski definition) is 5. The van der Waals surface area contributed by atoms with Gasteiger partial charge in [0.15, 0.2) is 11.6 Å². The van der Waals surface area contributed by atoms with Crippen LogP contribution in [0.3, 0.4) is 0 Å². The topological polar surface area (TPSA) is 76.7 Å². The van der Waals surface area contributed by atoms with Crippen LogP contribution in [-0.4, -0.2) is 21.5 Å². The molecule has 4 aromatic rings. The molecule has 0 radical (unpaired) electrons. The molecule has 2 aromatic heterocycles. The highest BCUT2D eigenvalue weighted by atomic mass is 35.5. The van der Waals surface area contributed by atoms with Gasteiger partial charge in [0, 0.05) is 29.3 Å². The smallest absolute Gasteiger partial charge is 0.169 e. The van der Waals surface area contributed by atoms with Crippen molar-refractivity contribution >= 4 is 34.1 Å². The van der Waals surface area contributed by atoms with Gasteiger partial charge in [0.05, 0.1) is 21.9 Å². The first-order chi connectivity index (χ1) is 15.7. The molecular weight excluding hydrogens is 418 g/mol. The Morgan fingerprint density at radius 3 is 2.50 bits per heavy atom. The van der Waals surface area contributed by atoms with Crippen LogP contribution in [0.15, 0.2) is 60.8 Å². The predicted molar refractivity (Wildman–Crippen MR) is 133 cm³/mol. The van der Waals surface area contributed by atoms with E-state index in [1.54, 1.807) is 6.20 Å². The van der Waals surface area contributed by atoms with Crippen molar-refractivity contribution in [3.8, 4) is 22.5 Å². The lowest BCUT2D eigenvalue weighted by atomic mass is 9.89. The van der Waals surface area contributed by atoms with Crippen molar-refractivity contribution in [2.45, 2.75) is 32.1 Å². The van der Waals surface area contributed by atoms with E-state index in [1.807, 2.05) is 48.5 Å². The summed E-state index contributed by atoms with van der Waals surface area (Å²) in [5.41, 5.74) is 10.5. The summed E-state index contributed by atoms with van der Waals surface area (Å²) < 4.78 is 0. The highest BCUT2D eigenvalue weighted by Crippen LogP contribution is 2.36. The van der Waals surface area contributed by atoms with Crippen molar-refractivity contribution in [3.63, 3.8) is 0 Å². The molecule has 0 amide bonds. The normalized spacial score (nSPS) is 14.5. The molecule has 0 unspecified atom stereocenters. The summed E-state index contributed by atoms with van der Waals surface area (Å²) >= 11 is 6.59. The molecule has 0 bridgehead atoms. The van der Waals surface area contributed by atoms with E-state index in [-0.39, 0.29) is 0 Å². The Bertz CT molecular complexity index is 1240. The number of anilines is 2. The van der Waals surface area contributed by atoms with Gasteiger partial charge in [0.1, 0.15) is 0 Å². The fraction of sp³-hybridized carbons (Fsp3) is 0.269. The summed E-state index contributed by atoms with van der Waals surface area (Å²) in [6, 6.07) is 17.9. The first-order valence-electron chi connectivity index (χ1n) is 11.2. The number of halogens is 1. The fourth-order valence-electron chi connectivity index (χ4n) is 4.49. The predicted octanol–water partition coefficient (Wildman–Crippen LogP) is 6.59. The van der Waals surface area contributed by atoms with Crippen LogP contribution in [0, 0.1) is 5.92 Å². The molecule has 1 fully saturated rings. The van der Waals surface area contributed by atoms with E-state index in [4.69, 9.17) is 27.3 Å². The molecule has 0 saturated heterocycles. The van der Waals surface area contributed by atoms with Crippen LogP contribution < -0.4 is 11.1 Å². The molecule has 3 N–H and O–H groups in total. The average Bonchev–Trinajstić information content (AvgIpc) is 2.84. The van der Waals surface area contributed by atoms with Gasteiger partial charge >= 0.3 is 0 Å². The van der Waals surface area contributed by atoms with E-state index >= 15 is 0 Å². The van der Waals surface area contributed by atoms with Gasteiger partial charge in [0.25, 0.3) is 0 Å². The standard InChI is InChI=1S/C26H26ClN5/c27-21-15-20(14-19-12-7-13-29-22(19)21)24-23(18-10-5-2-6-11-18)31-25(28)26(32-24)30-16-17-8-3-1-4-9-17/h2,5-7,10-15,17H,1,3-4,8-9,16H2,(H2,28,31)(H,30,32). The third-order valence-electron chi connectivity index (χ3n) is 6.18. The molecule has 0 atom stereocenters. The lowest BCUT2D eigenvalue weighted by Gasteiger charge is -2.22. The molecule has 6 heteroatoms. The Labute approximate surface area is 193 Å². The molecule has 5 nitrogen and oxygen atoms in total. The van der Waals surface area contributed by atoms with Crippen molar-refractivity contribution in [1.82, 2.24) is 15.0 Å². The number of aromatic nitrogens is 3. The fourth-order valence-corrected chi connectivity index (χ4v) is 4.77. The van der Waals surface area contributed by atoms with Crippen molar-refractivity contribution in [2.75, 3.05) is 17.6 Å². The summed E-state index contributed by atoms with van der Waals surface area (Å²) in [5.74, 6) is 1.70. The molecule has 1 saturated carbocycles. The first-order valence-corrected chi connectivity index (χ1v) is 11.6. The maximum absolute atomic E-state index is 6.59. The Balaban J connectivity index is 1.60. The molecule has 2 heterocycles. The van der Waals surface area contributed by atoms with Crippen LogP contribution in [0.2, 0.25) is 5.02 Å². The van der Waals surface area contributed by atoms with E-state index in [2.05, 4.69) is 16.4 Å². The number of fused-ring (bicyclic) bond motifs is 1. The molecule has 1 aliphatic rings. The van der Waals surface area contributed by atoms with Crippen LogP contribution in [-0.2, 0) is 0 Å². The lowest BCUT2D eigenvalue weighted by Crippen LogP contribution is -2.19. The lowest BCUT2D eigenvalue weighted by molar-refractivity contribution is 0.373. The van der Waals surface area contributed by atoms with Crippen LogP contribution in [0.5, 0.6) is 0 Å². The number of benzene rings is 2. The number of nitrogens with zero attached hydrogens (tertiary/aromatic N) is 3. The quantitative estimate of drug-likeness (QED) is 0.364. The Morgan fingerprint density at radius 2 is 1.69 bits per heavy atom. The second-order valence-corrected chi connectivity index (χ2v) is 8.85. The van der Waals surface area contributed by atoms with E-state index < -0.39 is 0 Å². The van der Waals surface area contributed by atoms with Crippen LogP contribution in [0.1, 0.15) is 32.1 Å². The van der Waals surface area contributed by atoms with Gasteiger partial charge in [-0.25, -0.2) is 9.97 Å². The highest BCUT2D eigenvalue weighted by Gasteiger charge is 2.19. The van der Waals surface area contributed by atoms with Crippen molar-refractivity contribution < 1.29 is 0 Å². The van der Waals surface area contributed by atoms with Crippen LogP contribution >= 0.6 is 11.6 Å². The Hall–Kier alpha value is -3.18. The molecule has 0 spiro atoms. The summed E-state index contributed by atoms with van der Waals surface area (Å²) in [5, 5.41) is 5.03. The maximum Gasteiger partial charge on any atom is 0.169 e. The van der Waals surface area contributed by atoms with Gasteiger partial charge in [-0.1, -0.05) is 67.3 Å². The summed E-state index contributed by atoms with van der Waals surface area (Å²) in [6.45, 7) is 0.866. The third kappa shape index (κ3) is 4.26. The van der Waals surface area contributed by atoms with Crippen molar-refractivity contribution in [2.24, 2.45) is 5.92 Å². The monoisotopic (exact) mass is 443 g/mol. The molecule has 0 aliphatic heterocycles. The summed E-state index contributed by atoms with van der Waals surface area (Å²) in [6.07, 6.45) is 8.20. The number of nitrogen functional groups attached to an aromatic ring is 1. The molecule has 32 heavy (non-hydrogen) atoms. The zero-order chi connectivity index (χ0) is 21.9. The highest BCUT2D eigenvalue weighted by molar-refractivity contribution is 6.35. The minimum Gasteiger partial charge on any atom is -0.381 e. The van der Waals surface area contributed by atoms with Gasteiger partial charge in [-0.05, 0) is 37.0 Å².